The van der Waals surface area contributed by atoms with Crippen LogP contribution in [0, 0.1) is 0 Å². The topological polar surface area (TPSA) is 50.7 Å². The molecule has 3 rings (SSSR count). The Balaban J connectivity index is 2.20. The van der Waals surface area contributed by atoms with E-state index < -0.39 is 12.0 Å². The van der Waals surface area contributed by atoms with Crippen molar-refractivity contribution in [3.05, 3.63) is 18.0 Å². The molecule has 0 amide bonds. The Morgan fingerprint density at radius 2 is 1.56 bits per heavy atom. The first-order valence-electron chi connectivity index (χ1n) is 7.78. The molecule has 0 saturated carbocycles. The van der Waals surface area contributed by atoms with Crippen molar-refractivity contribution in [1.29, 1.82) is 0 Å². The van der Waals surface area contributed by atoms with Gasteiger partial charge in [-0.2, -0.15) is 13.2 Å². The van der Waals surface area contributed by atoms with E-state index in [0.717, 1.165) is 13.1 Å². The maximum atomic E-state index is 13.2. The normalized spacial score (nSPS) is 16.3. The number of hydrogen-bond acceptors (Lipinski definition) is 6. The van der Waals surface area contributed by atoms with Gasteiger partial charge in [0.1, 0.15) is 5.82 Å². The Morgan fingerprint density at radius 3 is 2.12 bits per heavy atom. The third-order valence-corrected chi connectivity index (χ3v) is 4.24. The van der Waals surface area contributed by atoms with Gasteiger partial charge < -0.3 is 19.3 Å². The second-order valence-corrected chi connectivity index (χ2v) is 5.88. The number of ether oxygens (including phenoxy) is 2. The molecular formula is C16H19F3N4O2. The van der Waals surface area contributed by atoms with Crippen LogP contribution < -0.4 is 14.4 Å². The van der Waals surface area contributed by atoms with Gasteiger partial charge in [-0.05, 0) is 13.1 Å². The summed E-state index contributed by atoms with van der Waals surface area (Å²) in [6, 6.07) is 3.08. The quantitative estimate of drug-likeness (QED) is 0.842. The van der Waals surface area contributed by atoms with Crippen LogP contribution in [0.2, 0.25) is 0 Å². The van der Waals surface area contributed by atoms with Gasteiger partial charge in [0.15, 0.2) is 11.5 Å². The maximum Gasteiger partial charge on any atom is 0.451 e. The summed E-state index contributed by atoms with van der Waals surface area (Å²) in [5.41, 5.74) is 0.175. The fourth-order valence-corrected chi connectivity index (χ4v) is 2.83. The minimum Gasteiger partial charge on any atom is -0.493 e. The lowest BCUT2D eigenvalue weighted by Crippen LogP contribution is -2.45. The third kappa shape index (κ3) is 3.41. The maximum absolute atomic E-state index is 13.2. The van der Waals surface area contributed by atoms with E-state index >= 15 is 0 Å². The molecule has 1 aromatic carbocycles. The van der Waals surface area contributed by atoms with Gasteiger partial charge in [-0.15, -0.1) is 0 Å². The fourth-order valence-electron chi connectivity index (χ4n) is 2.83. The molecule has 1 saturated heterocycles. The van der Waals surface area contributed by atoms with E-state index in [1.165, 1.54) is 20.3 Å². The summed E-state index contributed by atoms with van der Waals surface area (Å²) in [4.78, 5) is 11.5. The average Bonchev–Trinajstić information content (AvgIpc) is 2.59. The summed E-state index contributed by atoms with van der Waals surface area (Å²) in [5, 5.41) is 0.509. The summed E-state index contributed by atoms with van der Waals surface area (Å²) >= 11 is 0. The van der Waals surface area contributed by atoms with Crippen molar-refractivity contribution in [3.8, 4) is 11.5 Å². The zero-order valence-electron chi connectivity index (χ0n) is 14.2. The zero-order chi connectivity index (χ0) is 18.2. The molecule has 0 bridgehead atoms. The molecule has 1 aliphatic heterocycles. The minimum atomic E-state index is -4.62. The van der Waals surface area contributed by atoms with Gasteiger partial charge in [-0.1, -0.05) is 0 Å². The Hall–Kier alpha value is -2.29. The van der Waals surface area contributed by atoms with Gasteiger partial charge in [0, 0.05) is 37.6 Å². The number of fused-ring (bicyclic) bond motifs is 1. The first-order valence-corrected chi connectivity index (χ1v) is 7.78. The standard InChI is InChI=1S/C16H19F3N4O2/c1-22-4-6-23(7-5-22)14-10-8-12(24-2)13(25-3)9-11(10)20-15(21-14)16(17,18)19/h8-9H,4-7H2,1-3H3. The van der Waals surface area contributed by atoms with Gasteiger partial charge in [0.05, 0.1) is 19.7 Å². The number of halogens is 3. The summed E-state index contributed by atoms with van der Waals surface area (Å²) in [7, 11) is 4.88. The monoisotopic (exact) mass is 356 g/mol. The van der Waals surface area contributed by atoms with E-state index in [0.29, 0.717) is 30.0 Å². The third-order valence-electron chi connectivity index (χ3n) is 4.24. The predicted molar refractivity (Wildman–Crippen MR) is 87.4 cm³/mol. The number of benzene rings is 1. The summed E-state index contributed by atoms with van der Waals surface area (Å²) in [6.45, 7) is 2.68. The molecule has 9 heteroatoms. The molecule has 136 valence electrons. The van der Waals surface area contributed by atoms with Crippen LogP contribution in [0.25, 0.3) is 10.9 Å². The zero-order valence-corrected chi connectivity index (χ0v) is 14.2. The molecule has 0 unspecified atom stereocenters. The number of methoxy groups -OCH3 is 2. The Kier molecular flexibility index (Phi) is 4.59. The van der Waals surface area contributed by atoms with Crippen LogP contribution in [-0.2, 0) is 6.18 Å². The molecule has 0 spiro atoms. The van der Waals surface area contributed by atoms with E-state index in [2.05, 4.69) is 14.9 Å². The van der Waals surface area contributed by atoms with Gasteiger partial charge in [-0.25, -0.2) is 9.97 Å². The number of hydrogen-bond donors (Lipinski definition) is 0. The second kappa shape index (κ2) is 6.55. The lowest BCUT2D eigenvalue weighted by Gasteiger charge is -2.34. The molecule has 2 heterocycles. The fraction of sp³-hybridized carbons (Fsp3) is 0.500. The number of anilines is 1. The Bertz CT molecular complexity index is 774. The van der Waals surface area contributed by atoms with Crippen LogP contribution in [0.15, 0.2) is 12.1 Å². The van der Waals surface area contributed by atoms with E-state index in [9.17, 15) is 13.2 Å². The summed E-state index contributed by atoms with van der Waals surface area (Å²) in [5.74, 6) is -0.132. The summed E-state index contributed by atoms with van der Waals surface area (Å²) < 4.78 is 50.2. The number of alkyl halides is 3. The number of rotatable bonds is 3. The largest absolute Gasteiger partial charge is 0.493 e. The second-order valence-electron chi connectivity index (χ2n) is 5.88. The summed E-state index contributed by atoms with van der Waals surface area (Å²) in [6.07, 6.45) is -4.62. The van der Waals surface area contributed by atoms with Gasteiger partial charge in [0.2, 0.25) is 5.82 Å². The van der Waals surface area contributed by atoms with Gasteiger partial charge >= 0.3 is 6.18 Å². The van der Waals surface area contributed by atoms with E-state index in [-0.39, 0.29) is 11.3 Å². The SMILES string of the molecule is COc1cc2nc(C(F)(F)F)nc(N3CCN(C)CC3)c2cc1OC. The molecule has 1 aliphatic rings. The van der Waals surface area contributed by atoms with Crippen molar-refractivity contribution in [2.45, 2.75) is 6.18 Å². The van der Waals surface area contributed by atoms with Crippen LogP contribution in [0.4, 0.5) is 19.0 Å². The van der Waals surface area contributed by atoms with E-state index in [4.69, 9.17) is 9.47 Å². The number of nitrogens with zero attached hydrogens (tertiary/aromatic N) is 4. The molecule has 1 aromatic heterocycles. The molecule has 0 atom stereocenters. The molecule has 0 N–H and O–H groups in total. The average molecular weight is 356 g/mol. The van der Waals surface area contributed by atoms with Crippen LogP contribution in [0.1, 0.15) is 5.82 Å². The molecular weight excluding hydrogens is 337 g/mol. The van der Waals surface area contributed by atoms with Crippen molar-refractivity contribution < 1.29 is 22.6 Å². The molecule has 6 nitrogen and oxygen atoms in total. The van der Waals surface area contributed by atoms with Gasteiger partial charge in [-0.3, -0.25) is 0 Å². The molecule has 2 aromatic rings. The first kappa shape index (κ1) is 17.5. The van der Waals surface area contributed by atoms with Crippen molar-refractivity contribution >= 4 is 16.7 Å². The Labute approximate surface area is 143 Å². The highest BCUT2D eigenvalue weighted by Crippen LogP contribution is 2.37. The number of likely N-dealkylation sites (N-methyl/N-ethyl adjacent to an activating group) is 1. The van der Waals surface area contributed by atoms with Crippen LogP contribution in [0.5, 0.6) is 11.5 Å². The van der Waals surface area contributed by atoms with E-state index in [1.54, 1.807) is 6.07 Å². The van der Waals surface area contributed by atoms with Crippen LogP contribution in [0.3, 0.4) is 0 Å². The van der Waals surface area contributed by atoms with Crippen LogP contribution in [-0.4, -0.2) is 62.3 Å². The number of aromatic nitrogens is 2. The molecule has 0 aliphatic carbocycles. The van der Waals surface area contributed by atoms with Crippen molar-refractivity contribution in [2.24, 2.45) is 0 Å². The lowest BCUT2D eigenvalue weighted by molar-refractivity contribution is -0.144. The first-order chi connectivity index (χ1) is 11.8. The van der Waals surface area contributed by atoms with Crippen LogP contribution >= 0.6 is 0 Å². The highest BCUT2D eigenvalue weighted by atomic mass is 19.4. The van der Waals surface area contributed by atoms with Crippen molar-refractivity contribution in [1.82, 2.24) is 14.9 Å². The lowest BCUT2D eigenvalue weighted by atomic mass is 10.1. The Morgan fingerprint density at radius 1 is 0.960 bits per heavy atom. The minimum absolute atomic E-state index is 0.175. The van der Waals surface area contributed by atoms with Gasteiger partial charge in [0.25, 0.3) is 0 Å². The molecule has 0 radical (unpaired) electrons. The molecule has 1 fully saturated rings. The van der Waals surface area contributed by atoms with Crippen molar-refractivity contribution in [3.63, 3.8) is 0 Å². The highest BCUT2D eigenvalue weighted by Gasteiger charge is 2.36. The number of piperazine rings is 1. The van der Waals surface area contributed by atoms with E-state index in [1.807, 2.05) is 11.9 Å². The molecule has 25 heavy (non-hydrogen) atoms. The predicted octanol–water partition coefficient (Wildman–Crippen LogP) is 2.42. The van der Waals surface area contributed by atoms with Crippen molar-refractivity contribution in [2.75, 3.05) is 52.3 Å². The highest BCUT2D eigenvalue weighted by molar-refractivity contribution is 5.92. The smallest absolute Gasteiger partial charge is 0.451 e.